The van der Waals surface area contributed by atoms with Crippen LogP contribution >= 0.6 is 22.9 Å². The Morgan fingerprint density at radius 1 is 1.27 bits per heavy atom. The summed E-state index contributed by atoms with van der Waals surface area (Å²) in [6.45, 7) is 1.72. The van der Waals surface area contributed by atoms with Crippen molar-refractivity contribution < 1.29 is 14.7 Å². The molecule has 7 nitrogen and oxygen atoms in total. The average molecular weight is 395 g/mol. The zero-order chi connectivity index (χ0) is 18.5. The molecule has 1 aliphatic heterocycles. The molecule has 4 N–H and O–H groups in total. The Labute approximate surface area is 160 Å². The molecule has 1 saturated heterocycles. The van der Waals surface area contributed by atoms with Gasteiger partial charge in [-0.1, -0.05) is 11.6 Å². The normalized spacial score (nSPS) is 14.8. The third kappa shape index (κ3) is 4.66. The molecule has 0 spiro atoms. The van der Waals surface area contributed by atoms with E-state index in [-0.39, 0.29) is 25.0 Å². The number of amides is 3. The monoisotopic (exact) mass is 394 g/mol. The highest BCUT2D eigenvalue weighted by Crippen LogP contribution is 2.21. The van der Waals surface area contributed by atoms with Crippen molar-refractivity contribution >= 4 is 46.3 Å². The number of thiophene rings is 1. The summed E-state index contributed by atoms with van der Waals surface area (Å²) in [6, 6.07) is 10.6. The third-order valence-corrected chi connectivity index (χ3v) is 5.10. The summed E-state index contributed by atoms with van der Waals surface area (Å²) in [5.74, 6) is -0.255. The SMILES string of the molecule is O=C(NC[C@@H](O)CNc1ccc(N2CCNC2=O)cc1)c1ccc(Cl)s1. The van der Waals surface area contributed by atoms with E-state index in [0.717, 1.165) is 11.4 Å². The third-order valence-electron chi connectivity index (χ3n) is 3.87. The van der Waals surface area contributed by atoms with E-state index in [2.05, 4.69) is 16.0 Å². The highest BCUT2D eigenvalue weighted by atomic mass is 35.5. The lowest BCUT2D eigenvalue weighted by Gasteiger charge is -2.16. The number of carbonyl (C=O) groups is 2. The molecule has 0 aliphatic carbocycles. The summed E-state index contributed by atoms with van der Waals surface area (Å²) in [5, 5.41) is 18.5. The molecular formula is C17H19ClN4O3S. The zero-order valence-electron chi connectivity index (χ0n) is 13.9. The second-order valence-corrected chi connectivity index (χ2v) is 7.49. The van der Waals surface area contributed by atoms with Crippen LogP contribution in [0.2, 0.25) is 4.34 Å². The summed E-state index contributed by atoms with van der Waals surface area (Å²) >= 11 is 6.99. The van der Waals surface area contributed by atoms with Gasteiger partial charge in [-0.25, -0.2) is 4.79 Å². The van der Waals surface area contributed by atoms with E-state index in [4.69, 9.17) is 11.6 Å². The Morgan fingerprint density at radius 2 is 2.04 bits per heavy atom. The molecule has 0 unspecified atom stereocenters. The van der Waals surface area contributed by atoms with Crippen LogP contribution in [-0.2, 0) is 0 Å². The van der Waals surface area contributed by atoms with Crippen LogP contribution in [-0.4, -0.2) is 49.3 Å². The van der Waals surface area contributed by atoms with Gasteiger partial charge in [-0.15, -0.1) is 11.3 Å². The van der Waals surface area contributed by atoms with E-state index < -0.39 is 6.10 Å². The van der Waals surface area contributed by atoms with Gasteiger partial charge in [-0.2, -0.15) is 0 Å². The van der Waals surface area contributed by atoms with Crippen molar-refractivity contribution in [2.45, 2.75) is 6.10 Å². The van der Waals surface area contributed by atoms with Crippen molar-refractivity contribution in [1.29, 1.82) is 0 Å². The van der Waals surface area contributed by atoms with Gasteiger partial charge < -0.3 is 21.1 Å². The van der Waals surface area contributed by atoms with Crippen LogP contribution in [0.5, 0.6) is 0 Å². The van der Waals surface area contributed by atoms with Crippen molar-refractivity contribution in [2.24, 2.45) is 0 Å². The molecule has 3 rings (SSSR count). The molecule has 3 amide bonds. The number of hydrogen-bond donors (Lipinski definition) is 4. The van der Waals surface area contributed by atoms with Crippen LogP contribution < -0.4 is 20.9 Å². The molecule has 2 heterocycles. The minimum Gasteiger partial charge on any atom is -0.389 e. The van der Waals surface area contributed by atoms with Crippen molar-refractivity contribution in [3.63, 3.8) is 0 Å². The maximum Gasteiger partial charge on any atom is 0.321 e. The van der Waals surface area contributed by atoms with Crippen LogP contribution in [0.25, 0.3) is 0 Å². The van der Waals surface area contributed by atoms with Gasteiger partial charge in [0.05, 0.1) is 15.3 Å². The quantitative estimate of drug-likeness (QED) is 0.578. The molecule has 1 aliphatic rings. The first-order valence-corrected chi connectivity index (χ1v) is 9.33. The largest absolute Gasteiger partial charge is 0.389 e. The highest BCUT2D eigenvalue weighted by Gasteiger charge is 2.20. The van der Waals surface area contributed by atoms with E-state index in [1.807, 2.05) is 24.3 Å². The van der Waals surface area contributed by atoms with E-state index in [0.29, 0.717) is 22.3 Å². The molecule has 1 fully saturated rings. The first-order chi connectivity index (χ1) is 12.5. The Balaban J connectivity index is 1.43. The first kappa shape index (κ1) is 18.5. The Bertz CT molecular complexity index is 781. The molecule has 0 bridgehead atoms. The first-order valence-electron chi connectivity index (χ1n) is 8.14. The lowest BCUT2D eigenvalue weighted by atomic mass is 10.2. The number of anilines is 2. The Morgan fingerprint density at radius 3 is 2.65 bits per heavy atom. The second kappa shape index (κ2) is 8.39. The van der Waals surface area contributed by atoms with Gasteiger partial charge in [0.2, 0.25) is 0 Å². The smallest absolute Gasteiger partial charge is 0.321 e. The maximum absolute atomic E-state index is 11.9. The molecule has 0 radical (unpaired) electrons. The van der Waals surface area contributed by atoms with Gasteiger partial charge in [0, 0.05) is 37.6 Å². The predicted molar refractivity (Wildman–Crippen MR) is 103 cm³/mol. The molecule has 1 atom stereocenters. The summed E-state index contributed by atoms with van der Waals surface area (Å²) in [4.78, 5) is 25.7. The number of aliphatic hydroxyl groups excluding tert-OH is 1. The summed E-state index contributed by atoms with van der Waals surface area (Å²) in [6.07, 6.45) is -0.738. The fraction of sp³-hybridized carbons (Fsp3) is 0.294. The van der Waals surface area contributed by atoms with E-state index in [1.54, 1.807) is 17.0 Å². The van der Waals surface area contributed by atoms with Gasteiger partial charge in [0.25, 0.3) is 5.91 Å². The zero-order valence-corrected chi connectivity index (χ0v) is 15.4. The van der Waals surface area contributed by atoms with Crippen molar-refractivity contribution in [1.82, 2.24) is 10.6 Å². The average Bonchev–Trinajstić information content (AvgIpc) is 3.26. The fourth-order valence-electron chi connectivity index (χ4n) is 2.52. The number of carbonyl (C=O) groups excluding carboxylic acids is 2. The maximum atomic E-state index is 11.9. The topological polar surface area (TPSA) is 93.7 Å². The Hall–Kier alpha value is -2.29. The lowest BCUT2D eigenvalue weighted by molar-refractivity contribution is 0.0926. The second-order valence-electron chi connectivity index (χ2n) is 5.78. The van der Waals surface area contributed by atoms with Gasteiger partial charge >= 0.3 is 6.03 Å². The van der Waals surface area contributed by atoms with Crippen LogP contribution in [0.1, 0.15) is 9.67 Å². The molecule has 138 valence electrons. The van der Waals surface area contributed by atoms with Gasteiger partial charge in [-0.3, -0.25) is 9.69 Å². The molecule has 26 heavy (non-hydrogen) atoms. The van der Waals surface area contributed by atoms with Crippen LogP contribution in [0, 0.1) is 0 Å². The van der Waals surface area contributed by atoms with Gasteiger partial charge in [0.15, 0.2) is 0 Å². The molecule has 9 heteroatoms. The minimum atomic E-state index is -0.738. The van der Waals surface area contributed by atoms with Crippen molar-refractivity contribution in [3.05, 3.63) is 45.6 Å². The van der Waals surface area contributed by atoms with Crippen molar-refractivity contribution in [3.8, 4) is 0 Å². The number of nitrogens with one attached hydrogen (secondary N) is 3. The van der Waals surface area contributed by atoms with Crippen LogP contribution in [0.4, 0.5) is 16.2 Å². The summed E-state index contributed by atoms with van der Waals surface area (Å²) in [7, 11) is 0. The van der Waals surface area contributed by atoms with Crippen molar-refractivity contribution in [2.75, 3.05) is 36.4 Å². The number of hydrogen-bond acceptors (Lipinski definition) is 5. The predicted octanol–water partition coefficient (Wildman–Crippen LogP) is 2.13. The van der Waals surface area contributed by atoms with E-state index in [1.165, 1.54) is 11.3 Å². The molecule has 0 saturated carbocycles. The fourth-order valence-corrected chi connectivity index (χ4v) is 3.48. The minimum absolute atomic E-state index is 0.0936. The molecule has 2 aromatic rings. The number of rotatable bonds is 7. The number of halogens is 1. The molecular weight excluding hydrogens is 376 g/mol. The highest BCUT2D eigenvalue weighted by molar-refractivity contribution is 7.17. The number of nitrogens with zero attached hydrogens (tertiary/aromatic N) is 1. The van der Waals surface area contributed by atoms with Gasteiger partial charge in [-0.05, 0) is 36.4 Å². The van der Waals surface area contributed by atoms with E-state index >= 15 is 0 Å². The van der Waals surface area contributed by atoms with Gasteiger partial charge in [0.1, 0.15) is 0 Å². The lowest BCUT2D eigenvalue weighted by Crippen LogP contribution is -2.35. The summed E-state index contributed by atoms with van der Waals surface area (Å²) < 4.78 is 0.548. The number of benzene rings is 1. The molecule has 1 aromatic heterocycles. The Kier molecular flexibility index (Phi) is 5.97. The van der Waals surface area contributed by atoms with Crippen LogP contribution in [0.3, 0.4) is 0 Å². The van der Waals surface area contributed by atoms with E-state index in [9.17, 15) is 14.7 Å². The molecule has 1 aromatic carbocycles. The standard InChI is InChI=1S/C17H19ClN4O3S/c18-15-6-5-14(26-15)16(24)21-10-13(23)9-20-11-1-3-12(4-2-11)22-8-7-19-17(22)25/h1-6,13,20,23H,7-10H2,(H,19,25)(H,21,24)/t13-/m0/s1. The summed E-state index contributed by atoms with van der Waals surface area (Å²) in [5.41, 5.74) is 1.65. The van der Waals surface area contributed by atoms with Crippen LogP contribution in [0.15, 0.2) is 36.4 Å². The number of aliphatic hydroxyl groups is 1. The number of urea groups is 1.